The number of hydrogen-bond donors (Lipinski definition) is 1. The molecule has 0 unspecified atom stereocenters. The third-order valence-electron chi connectivity index (χ3n) is 2.38. The lowest BCUT2D eigenvalue weighted by molar-refractivity contribution is -0.127. The molecule has 0 bridgehead atoms. The molecule has 1 N–H and O–H groups in total. The topological polar surface area (TPSA) is 55.4 Å². The molecule has 4 nitrogen and oxygen atoms in total. The second-order valence-electron chi connectivity index (χ2n) is 3.11. The zero-order valence-corrected chi connectivity index (χ0v) is 7.46. The molecule has 4 heteroatoms. The number of nitrogens with one attached hydrogen (secondary N) is 1. The Balaban J connectivity index is 2.76. The fourth-order valence-electron chi connectivity index (χ4n) is 1.48. The number of carbonyl (C=O) groups excluding carboxylic acids is 2. The molecule has 0 aromatic heterocycles. The van der Waals surface area contributed by atoms with E-state index in [-0.39, 0.29) is 29.8 Å². The van der Waals surface area contributed by atoms with Crippen molar-refractivity contribution in [3.8, 4) is 0 Å². The highest BCUT2D eigenvalue weighted by Gasteiger charge is 2.41. The summed E-state index contributed by atoms with van der Waals surface area (Å²) in [6, 6.07) is 0. The van der Waals surface area contributed by atoms with Crippen LogP contribution in [0.3, 0.4) is 0 Å². The predicted octanol–water partition coefficient (Wildman–Crippen LogP) is -0.0700. The Kier molecular flexibility index (Phi) is 2.47. The summed E-state index contributed by atoms with van der Waals surface area (Å²) in [5.74, 6) is -1.02. The predicted molar refractivity (Wildman–Crippen MR) is 42.3 cm³/mol. The minimum atomic E-state index is -0.331. The van der Waals surface area contributed by atoms with Crippen LogP contribution in [0.25, 0.3) is 0 Å². The van der Waals surface area contributed by atoms with Crippen LogP contribution in [-0.2, 0) is 14.3 Å². The quantitative estimate of drug-likeness (QED) is 0.592. The SMILES string of the molecule is CO[C@H](C)[C@@H]1C(=O)NC(=O)[C@H]1C. The van der Waals surface area contributed by atoms with E-state index in [2.05, 4.69) is 5.32 Å². The first-order chi connectivity index (χ1) is 5.57. The van der Waals surface area contributed by atoms with Gasteiger partial charge in [0.25, 0.3) is 0 Å². The van der Waals surface area contributed by atoms with Gasteiger partial charge in [0.1, 0.15) is 0 Å². The third-order valence-corrected chi connectivity index (χ3v) is 2.38. The van der Waals surface area contributed by atoms with Gasteiger partial charge in [-0.2, -0.15) is 0 Å². The van der Waals surface area contributed by atoms with Crippen LogP contribution >= 0.6 is 0 Å². The lowest BCUT2D eigenvalue weighted by atomic mass is 9.92. The number of methoxy groups -OCH3 is 1. The van der Waals surface area contributed by atoms with Gasteiger partial charge in [-0.3, -0.25) is 14.9 Å². The molecule has 0 saturated carbocycles. The first kappa shape index (κ1) is 9.19. The minimum Gasteiger partial charge on any atom is -0.381 e. The average Bonchev–Trinajstić information content (AvgIpc) is 2.26. The van der Waals surface area contributed by atoms with Crippen molar-refractivity contribution in [1.82, 2.24) is 5.32 Å². The molecule has 0 aliphatic carbocycles. The monoisotopic (exact) mass is 171 g/mol. The fourth-order valence-corrected chi connectivity index (χ4v) is 1.48. The highest BCUT2D eigenvalue weighted by Crippen LogP contribution is 2.23. The molecule has 68 valence electrons. The Morgan fingerprint density at radius 3 is 2.33 bits per heavy atom. The first-order valence-electron chi connectivity index (χ1n) is 3.95. The first-order valence-corrected chi connectivity index (χ1v) is 3.95. The van der Waals surface area contributed by atoms with Gasteiger partial charge < -0.3 is 4.74 Å². The van der Waals surface area contributed by atoms with Crippen LogP contribution in [0.2, 0.25) is 0 Å². The fraction of sp³-hybridized carbons (Fsp3) is 0.750. The summed E-state index contributed by atoms with van der Waals surface area (Å²) in [5.41, 5.74) is 0. The summed E-state index contributed by atoms with van der Waals surface area (Å²) in [6.07, 6.45) is -0.202. The van der Waals surface area contributed by atoms with E-state index in [0.717, 1.165) is 0 Å². The van der Waals surface area contributed by atoms with Crippen molar-refractivity contribution < 1.29 is 14.3 Å². The molecule has 1 fully saturated rings. The van der Waals surface area contributed by atoms with E-state index in [0.29, 0.717) is 0 Å². The van der Waals surface area contributed by atoms with Gasteiger partial charge in [0.15, 0.2) is 0 Å². The molecule has 3 atom stereocenters. The lowest BCUT2D eigenvalue weighted by Gasteiger charge is -2.17. The molecule has 0 spiro atoms. The molecule has 1 aliphatic rings. The molecule has 1 saturated heterocycles. The van der Waals surface area contributed by atoms with Crippen LogP contribution < -0.4 is 5.32 Å². The summed E-state index contributed by atoms with van der Waals surface area (Å²) in [7, 11) is 1.54. The van der Waals surface area contributed by atoms with E-state index in [4.69, 9.17) is 4.74 Å². The number of carbonyl (C=O) groups is 2. The van der Waals surface area contributed by atoms with E-state index in [1.165, 1.54) is 7.11 Å². The minimum absolute atomic E-state index is 0.200. The van der Waals surface area contributed by atoms with Gasteiger partial charge in [-0.05, 0) is 6.92 Å². The zero-order chi connectivity index (χ0) is 9.30. The highest BCUT2D eigenvalue weighted by molar-refractivity contribution is 6.05. The molecule has 1 heterocycles. The van der Waals surface area contributed by atoms with E-state index >= 15 is 0 Å². The molecule has 0 aromatic carbocycles. The Morgan fingerprint density at radius 2 is 2.00 bits per heavy atom. The molecular formula is C8H13NO3. The lowest BCUT2D eigenvalue weighted by Crippen LogP contribution is -2.30. The standard InChI is InChI=1S/C8H13NO3/c1-4-6(5(2)12-3)8(11)9-7(4)10/h4-6H,1-3H3,(H,9,10,11)/t4-,5+,6+/m0/s1. The number of hydrogen-bond acceptors (Lipinski definition) is 3. The van der Waals surface area contributed by atoms with Crippen molar-refractivity contribution in [2.24, 2.45) is 11.8 Å². The van der Waals surface area contributed by atoms with Crippen LogP contribution in [0.15, 0.2) is 0 Å². The van der Waals surface area contributed by atoms with Gasteiger partial charge in [-0.1, -0.05) is 6.92 Å². The van der Waals surface area contributed by atoms with Crippen molar-refractivity contribution in [1.29, 1.82) is 0 Å². The zero-order valence-electron chi connectivity index (χ0n) is 7.46. The van der Waals surface area contributed by atoms with Crippen molar-refractivity contribution in [3.05, 3.63) is 0 Å². The van der Waals surface area contributed by atoms with Crippen molar-refractivity contribution in [2.45, 2.75) is 20.0 Å². The maximum absolute atomic E-state index is 11.2. The normalized spacial score (nSPS) is 31.9. The van der Waals surface area contributed by atoms with Crippen LogP contribution in [-0.4, -0.2) is 25.0 Å². The van der Waals surface area contributed by atoms with Gasteiger partial charge in [-0.25, -0.2) is 0 Å². The summed E-state index contributed by atoms with van der Waals surface area (Å²) >= 11 is 0. The van der Waals surface area contributed by atoms with Crippen LogP contribution in [0.1, 0.15) is 13.8 Å². The van der Waals surface area contributed by atoms with E-state index in [1.807, 2.05) is 0 Å². The second kappa shape index (κ2) is 3.23. The van der Waals surface area contributed by atoms with Crippen LogP contribution in [0, 0.1) is 11.8 Å². The van der Waals surface area contributed by atoms with Crippen molar-refractivity contribution in [3.63, 3.8) is 0 Å². The molecular weight excluding hydrogens is 158 g/mol. The van der Waals surface area contributed by atoms with Gasteiger partial charge >= 0.3 is 0 Å². The van der Waals surface area contributed by atoms with Crippen molar-refractivity contribution in [2.75, 3.05) is 7.11 Å². The van der Waals surface area contributed by atoms with Gasteiger partial charge in [0.05, 0.1) is 12.0 Å². The number of amides is 2. The second-order valence-corrected chi connectivity index (χ2v) is 3.11. The van der Waals surface area contributed by atoms with Gasteiger partial charge in [-0.15, -0.1) is 0 Å². The Labute approximate surface area is 71.3 Å². The molecule has 1 aliphatic heterocycles. The molecule has 0 aromatic rings. The number of rotatable bonds is 2. The highest BCUT2D eigenvalue weighted by atomic mass is 16.5. The van der Waals surface area contributed by atoms with Crippen LogP contribution in [0.4, 0.5) is 0 Å². The maximum atomic E-state index is 11.2. The van der Waals surface area contributed by atoms with E-state index < -0.39 is 0 Å². The Morgan fingerprint density at radius 1 is 1.42 bits per heavy atom. The number of imide groups is 1. The summed E-state index contributed by atoms with van der Waals surface area (Å²) in [5, 5.41) is 2.27. The molecule has 2 amide bonds. The number of ether oxygens (including phenoxy) is 1. The summed E-state index contributed by atoms with van der Waals surface area (Å²) in [4.78, 5) is 22.2. The van der Waals surface area contributed by atoms with Gasteiger partial charge in [0.2, 0.25) is 11.8 Å². The van der Waals surface area contributed by atoms with E-state index in [9.17, 15) is 9.59 Å². The Hall–Kier alpha value is -0.900. The Bertz CT molecular complexity index is 214. The van der Waals surface area contributed by atoms with Crippen LogP contribution in [0.5, 0.6) is 0 Å². The summed E-state index contributed by atoms with van der Waals surface area (Å²) in [6.45, 7) is 3.53. The molecule has 0 radical (unpaired) electrons. The maximum Gasteiger partial charge on any atom is 0.233 e. The van der Waals surface area contributed by atoms with E-state index in [1.54, 1.807) is 13.8 Å². The smallest absolute Gasteiger partial charge is 0.233 e. The van der Waals surface area contributed by atoms with Crippen molar-refractivity contribution >= 4 is 11.8 Å². The largest absolute Gasteiger partial charge is 0.381 e. The molecule has 12 heavy (non-hydrogen) atoms. The summed E-state index contributed by atoms with van der Waals surface area (Å²) < 4.78 is 5.01. The third kappa shape index (κ3) is 1.34. The molecule has 1 rings (SSSR count). The average molecular weight is 171 g/mol. The van der Waals surface area contributed by atoms with Gasteiger partial charge in [0, 0.05) is 13.0 Å².